The minimum atomic E-state index is 0.249. The molecule has 1 aromatic rings. The summed E-state index contributed by atoms with van der Waals surface area (Å²) >= 11 is 0. The second-order valence-electron chi connectivity index (χ2n) is 8.25. The van der Waals surface area contributed by atoms with E-state index in [0.717, 1.165) is 24.3 Å². The average Bonchev–Trinajstić information content (AvgIpc) is 3.06. The van der Waals surface area contributed by atoms with Gasteiger partial charge in [0.1, 0.15) is 0 Å². The second kappa shape index (κ2) is 5.76. The molecule has 0 aromatic heterocycles. The van der Waals surface area contributed by atoms with Crippen LogP contribution in [0.5, 0.6) is 0 Å². The molecule has 2 aliphatic carbocycles. The maximum absolute atomic E-state index is 3.78. The molecule has 1 aromatic carbocycles. The lowest BCUT2D eigenvalue weighted by Crippen LogP contribution is -2.31. The minimum Gasteiger partial charge on any atom is -0.310 e. The lowest BCUT2D eigenvalue weighted by molar-refractivity contribution is 0.253. The van der Waals surface area contributed by atoms with Gasteiger partial charge in [0.2, 0.25) is 0 Å². The van der Waals surface area contributed by atoms with Gasteiger partial charge in [-0.3, -0.25) is 0 Å². The van der Waals surface area contributed by atoms with Gasteiger partial charge in [0.25, 0.3) is 0 Å². The fourth-order valence-corrected chi connectivity index (χ4v) is 4.63. The highest BCUT2D eigenvalue weighted by atomic mass is 14.9. The third kappa shape index (κ3) is 3.04. The van der Waals surface area contributed by atoms with E-state index in [2.05, 4.69) is 57.3 Å². The number of hydrogen-bond donors (Lipinski definition) is 1. The van der Waals surface area contributed by atoms with E-state index in [1.807, 2.05) is 0 Å². The van der Waals surface area contributed by atoms with E-state index in [4.69, 9.17) is 0 Å². The predicted molar refractivity (Wildman–Crippen MR) is 90.5 cm³/mol. The van der Waals surface area contributed by atoms with Crippen LogP contribution in [0, 0.1) is 17.8 Å². The summed E-state index contributed by atoms with van der Waals surface area (Å²) in [6, 6.07) is 10.00. The van der Waals surface area contributed by atoms with Crippen LogP contribution in [0.2, 0.25) is 0 Å². The largest absolute Gasteiger partial charge is 0.310 e. The van der Waals surface area contributed by atoms with Gasteiger partial charge in [0, 0.05) is 6.04 Å². The number of rotatable bonds is 4. The summed E-state index contributed by atoms with van der Waals surface area (Å²) in [5.74, 6) is 2.86. The zero-order valence-electron chi connectivity index (χ0n) is 14.2. The van der Waals surface area contributed by atoms with Crippen molar-refractivity contribution in [2.24, 2.45) is 17.8 Å². The first-order chi connectivity index (χ1) is 9.99. The van der Waals surface area contributed by atoms with E-state index >= 15 is 0 Å². The van der Waals surface area contributed by atoms with Gasteiger partial charge in [-0.1, -0.05) is 58.4 Å². The first-order valence-electron chi connectivity index (χ1n) is 8.83. The molecular weight excluding hydrogens is 254 g/mol. The molecule has 0 radical (unpaired) electrons. The van der Waals surface area contributed by atoms with Gasteiger partial charge < -0.3 is 5.32 Å². The summed E-state index contributed by atoms with van der Waals surface area (Å²) < 4.78 is 0. The average molecular weight is 285 g/mol. The molecule has 0 saturated heterocycles. The summed E-state index contributed by atoms with van der Waals surface area (Å²) in [5.41, 5.74) is 3.19. The van der Waals surface area contributed by atoms with Gasteiger partial charge in [0.05, 0.1) is 0 Å². The smallest absolute Gasteiger partial charge is 0.0351 e. The summed E-state index contributed by atoms with van der Waals surface area (Å²) in [4.78, 5) is 0. The van der Waals surface area contributed by atoms with Crippen LogP contribution in [0.15, 0.2) is 24.3 Å². The number of hydrogen-bond acceptors (Lipinski definition) is 1. The first kappa shape index (κ1) is 15.1. The first-order valence-corrected chi connectivity index (χ1v) is 8.83. The van der Waals surface area contributed by atoms with Gasteiger partial charge in [-0.15, -0.1) is 0 Å². The van der Waals surface area contributed by atoms with E-state index in [9.17, 15) is 0 Å². The van der Waals surface area contributed by atoms with Crippen LogP contribution in [0.25, 0.3) is 0 Å². The summed E-state index contributed by atoms with van der Waals surface area (Å²) in [7, 11) is 0. The van der Waals surface area contributed by atoms with E-state index in [-0.39, 0.29) is 5.41 Å². The van der Waals surface area contributed by atoms with E-state index in [0.29, 0.717) is 6.04 Å². The molecule has 0 heterocycles. The Hall–Kier alpha value is -0.820. The Bertz CT molecular complexity index is 468. The Morgan fingerprint density at radius 1 is 1.10 bits per heavy atom. The second-order valence-corrected chi connectivity index (χ2v) is 8.25. The molecule has 21 heavy (non-hydrogen) atoms. The van der Waals surface area contributed by atoms with Crippen molar-refractivity contribution in [2.75, 3.05) is 6.54 Å². The van der Waals surface area contributed by atoms with Gasteiger partial charge in [-0.25, -0.2) is 0 Å². The Labute approximate surface area is 130 Å². The molecule has 4 atom stereocenters. The van der Waals surface area contributed by atoms with Crippen molar-refractivity contribution in [2.45, 2.75) is 64.8 Å². The Morgan fingerprint density at radius 3 is 2.29 bits per heavy atom. The summed E-state index contributed by atoms with van der Waals surface area (Å²) in [6.07, 6.45) is 5.90. The molecule has 2 aliphatic rings. The normalized spacial score (nSPS) is 29.8. The van der Waals surface area contributed by atoms with Crippen LogP contribution in [0.4, 0.5) is 0 Å². The van der Waals surface area contributed by atoms with Crippen molar-refractivity contribution in [3.63, 3.8) is 0 Å². The fourth-order valence-electron chi connectivity index (χ4n) is 4.63. The molecule has 2 bridgehead atoms. The molecule has 0 aliphatic heterocycles. The van der Waals surface area contributed by atoms with Crippen LogP contribution in [0.3, 0.4) is 0 Å². The molecule has 3 rings (SSSR count). The topological polar surface area (TPSA) is 12.0 Å². The Balaban J connectivity index is 1.81. The van der Waals surface area contributed by atoms with Crippen LogP contribution in [-0.2, 0) is 5.41 Å². The van der Waals surface area contributed by atoms with Gasteiger partial charge in [0.15, 0.2) is 0 Å². The van der Waals surface area contributed by atoms with E-state index in [1.165, 1.54) is 36.8 Å². The molecule has 1 nitrogen and oxygen atoms in total. The van der Waals surface area contributed by atoms with Crippen molar-refractivity contribution >= 4 is 0 Å². The minimum absolute atomic E-state index is 0.249. The fraction of sp³-hybridized carbons (Fsp3) is 0.700. The number of nitrogens with one attached hydrogen (secondary N) is 1. The van der Waals surface area contributed by atoms with E-state index in [1.54, 1.807) is 0 Å². The molecule has 116 valence electrons. The van der Waals surface area contributed by atoms with Crippen molar-refractivity contribution in [1.82, 2.24) is 5.32 Å². The zero-order chi connectivity index (χ0) is 15.0. The summed E-state index contributed by atoms with van der Waals surface area (Å²) in [5, 5.41) is 3.78. The van der Waals surface area contributed by atoms with Crippen LogP contribution in [0.1, 0.15) is 70.5 Å². The van der Waals surface area contributed by atoms with Crippen molar-refractivity contribution in [3.8, 4) is 0 Å². The molecule has 1 N–H and O–H groups in total. The molecule has 0 amide bonds. The third-order valence-electron chi connectivity index (χ3n) is 5.78. The maximum Gasteiger partial charge on any atom is 0.0351 e. The number of fused-ring (bicyclic) bond motifs is 2. The molecule has 2 fully saturated rings. The highest BCUT2D eigenvalue weighted by molar-refractivity contribution is 5.30. The van der Waals surface area contributed by atoms with Crippen LogP contribution >= 0.6 is 0 Å². The monoisotopic (exact) mass is 285 g/mol. The molecule has 0 spiro atoms. The lowest BCUT2D eigenvalue weighted by atomic mass is 9.79. The highest BCUT2D eigenvalue weighted by Crippen LogP contribution is 2.52. The standard InChI is InChI=1S/C20H31N/c1-5-21-19(18-13-14-6-7-16(18)12-14)15-8-10-17(11-9-15)20(2,3)4/h8-11,14,16,18-19,21H,5-7,12-13H2,1-4H3. The Kier molecular flexibility index (Phi) is 4.14. The van der Waals surface area contributed by atoms with Gasteiger partial charge in [-0.2, -0.15) is 0 Å². The molecule has 1 heteroatoms. The molecule has 2 saturated carbocycles. The highest BCUT2D eigenvalue weighted by Gasteiger charge is 2.43. The van der Waals surface area contributed by atoms with Crippen molar-refractivity contribution in [1.29, 1.82) is 0 Å². The van der Waals surface area contributed by atoms with Crippen molar-refractivity contribution in [3.05, 3.63) is 35.4 Å². The van der Waals surface area contributed by atoms with Gasteiger partial charge in [-0.05, 0) is 60.1 Å². The quantitative estimate of drug-likeness (QED) is 0.814. The summed E-state index contributed by atoms with van der Waals surface area (Å²) in [6.45, 7) is 10.2. The lowest BCUT2D eigenvalue weighted by Gasteiger charge is -2.32. The Morgan fingerprint density at radius 2 is 1.81 bits per heavy atom. The molecular formula is C20H31N. The third-order valence-corrected chi connectivity index (χ3v) is 5.78. The molecule has 4 unspecified atom stereocenters. The van der Waals surface area contributed by atoms with Crippen LogP contribution in [-0.4, -0.2) is 6.54 Å². The maximum atomic E-state index is 3.78. The predicted octanol–water partition coefficient (Wildman–Crippen LogP) is 5.07. The SMILES string of the molecule is CCNC(c1ccc(C(C)(C)C)cc1)C1CC2CCC1C2. The van der Waals surface area contributed by atoms with Gasteiger partial charge >= 0.3 is 0 Å². The zero-order valence-corrected chi connectivity index (χ0v) is 14.2. The van der Waals surface area contributed by atoms with Crippen molar-refractivity contribution < 1.29 is 0 Å². The number of benzene rings is 1. The van der Waals surface area contributed by atoms with Crippen LogP contribution < -0.4 is 5.32 Å². The van der Waals surface area contributed by atoms with E-state index < -0.39 is 0 Å².